The van der Waals surface area contributed by atoms with E-state index < -0.39 is 5.97 Å². The van der Waals surface area contributed by atoms with E-state index in [1.165, 1.54) is 12.3 Å². The normalized spacial score (nSPS) is 14.5. The Morgan fingerprint density at radius 1 is 1.03 bits per heavy atom. The molecule has 0 saturated carbocycles. The van der Waals surface area contributed by atoms with Gasteiger partial charge in [-0.25, -0.2) is 19.6 Å². The zero-order valence-electron chi connectivity index (χ0n) is 16.1. The summed E-state index contributed by atoms with van der Waals surface area (Å²) in [7, 11) is 0. The number of aromatic nitrogens is 4. The maximum Gasteiger partial charge on any atom is 0.356 e. The molecule has 1 fully saturated rings. The number of amides is 1. The van der Waals surface area contributed by atoms with E-state index in [-0.39, 0.29) is 11.7 Å². The number of carbonyl (C=O) groups excluding carboxylic acids is 1. The second-order valence-corrected chi connectivity index (χ2v) is 6.78. The molecule has 1 aromatic carbocycles. The fourth-order valence-corrected chi connectivity index (χ4v) is 3.20. The molecule has 0 aliphatic carbocycles. The minimum Gasteiger partial charge on any atom is -0.476 e. The molecule has 2 aromatic heterocycles. The van der Waals surface area contributed by atoms with Gasteiger partial charge in [-0.2, -0.15) is 9.78 Å². The molecular weight excluding hydrogens is 388 g/mol. The van der Waals surface area contributed by atoms with Gasteiger partial charge in [-0.3, -0.25) is 4.90 Å². The molecule has 10 nitrogen and oxygen atoms in total. The average molecular weight is 408 g/mol. The molecule has 0 atom stereocenters. The van der Waals surface area contributed by atoms with Crippen LogP contribution in [0.15, 0.2) is 55.0 Å². The number of rotatable bonds is 5. The number of carboxylic acid groups (broad SMARTS) is 1. The van der Waals surface area contributed by atoms with Crippen molar-refractivity contribution in [3.8, 4) is 11.8 Å². The van der Waals surface area contributed by atoms with Crippen LogP contribution < -0.4 is 4.74 Å². The summed E-state index contributed by atoms with van der Waals surface area (Å²) in [6.45, 7) is 3.20. The van der Waals surface area contributed by atoms with E-state index in [0.717, 1.165) is 16.8 Å². The Morgan fingerprint density at radius 2 is 1.80 bits per heavy atom. The van der Waals surface area contributed by atoms with E-state index in [1.807, 2.05) is 24.3 Å². The summed E-state index contributed by atoms with van der Waals surface area (Å²) in [5, 5.41) is 12.7. The van der Waals surface area contributed by atoms with Crippen molar-refractivity contribution in [3.63, 3.8) is 0 Å². The number of benzene rings is 1. The third kappa shape index (κ3) is 4.61. The molecule has 0 radical (unpaired) electrons. The first kappa shape index (κ1) is 19.5. The van der Waals surface area contributed by atoms with Gasteiger partial charge >= 0.3 is 18.0 Å². The fourth-order valence-electron chi connectivity index (χ4n) is 3.20. The second kappa shape index (κ2) is 8.70. The largest absolute Gasteiger partial charge is 0.476 e. The van der Waals surface area contributed by atoms with Gasteiger partial charge in [0.15, 0.2) is 5.69 Å². The highest BCUT2D eigenvalue weighted by Gasteiger charge is 2.23. The summed E-state index contributed by atoms with van der Waals surface area (Å²) in [4.78, 5) is 35.5. The molecule has 10 heteroatoms. The zero-order chi connectivity index (χ0) is 20.9. The van der Waals surface area contributed by atoms with Crippen molar-refractivity contribution in [2.45, 2.75) is 6.54 Å². The molecule has 154 valence electrons. The predicted octanol–water partition coefficient (Wildman–Crippen LogP) is 1.95. The van der Waals surface area contributed by atoms with Crippen LogP contribution in [-0.2, 0) is 6.54 Å². The highest BCUT2D eigenvalue weighted by atomic mass is 16.5. The molecule has 30 heavy (non-hydrogen) atoms. The van der Waals surface area contributed by atoms with Gasteiger partial charge in [0, 0.05) is 51.3 Å². The quantitative estimate of drug-likeness (QED) is 0.681. The highest BCUT2D eigenvalue weighted by Crippen LogP contribution is 2.20. The molecule has 3 aromatic rings. The number of nitrogens with zero attached hydrogens (tertiary/aromatic N) is 6. The van der Waals surface area contributed by atoms with Crippen LogP contribution >= 0.6 is 0 Å². The molecule has 0 bridgehead atoms. The van der Waals surface area contributed by atoms with Crippen LogP contribution in [0, 0.1) is 0 Å². The van der Waals surface area contributed by atoms with E-state index >= 15 is 0 Å². The lowest BCUT2D eigenvalue weighted by Crippen LogP contribution is -2.49. The summed E-state index contributed by atoms with van der Waals surface area (Å²) in [5.41, 5.74) is 0.936. The van der Waals surface area contributed by atoms with Gasteiger partial charge in [0.2, 0.25) is 0 Å². The molecule has 1 aliphatic rings. The van der Waals surface area contributed by atoms with Crippen LogP contribution in [0.4, 0.5) is 4.79 Å². The van der Waals surface area contributed by atoms with Crippen LogP contribution in [0.25, 0.3) is 0 Å². The smallest absolute Gasteiger partial charge is 0.356 e. The molecule has 0 unspecified atom stereocenters. The summed E-state index contributed by atoms with van der Waals surface area (Å²) in [6, 6.07) is 10.8. The van der Waals surface area contributed by atoms with E-state index in [4.69, 9.17) is 9.84 Å². The van der Waals surface area contributed by atoms with Crippen molar-refractivity contribution in [2.75, 3.05) is 26.2 Å². The van der Waals surface area contributed by atoms with E-state index in [9.17, 15) is 9.59 Å². The van der Waals surface area contributed by atoms with Gasteiger partial charge in [-0.05, 0) is 29.8 Å². The van der Waals surface area contributed by atoms with Gasteiger partial charge in [0.05, 0.1) is 0 Å². The van der Waals surface area contributed by atoms with Crippen LogP contribution in [0.3, 0.4) is 0 Å². The van der Waals surface area contributed by atoms with E-state index in [2.05, 4.69) is 20.0 Å². The Labute approximate surface area is 172 Å². The first-order valence-electron chi connectivity index (χ1n) is 9.43. The topological polar surface area (TPSA) is 114 Å². The lowest BCUT2D eigenvalue weighted by molar-refractivity contribution is 0.0689. The number of carbonyl (C=O) groups is 2. The second-order valence-electron chi connectivity index (χ2n) is 6.78. The van der Waals surface area contributed by atoms with Crippen LogP contribution in [-0.4, -0.2) is 72.8 Å². The maximum atomic E-state index is 12.5. The number of hydrogen-bond acceptors (Lipinski definition) is 7. The van der Waals surface area contributed by atoms with Crippen molar-refractivity contribution in [1.29, 1.82) is 0 Å². The summed E-state index contributed by atoms with van der Waals surface area (Å²) in [6.07, 6.45) is 4.62. The van der Waals surface area contributed by atoms with Crippen molar-refractivity contribution < 1.29 is 19.4 Å². The summed E-state index contributed by atoms with van der Waals surface area (Å²) < 4.78 is 6.75. The average Bonchev–Trinajstić information content (AvgIpc) is 3.26. The highest BCUT2D eigenvalue weighted by molar-refractivity contribution is 5.86. The summed E-state index contributed by atoms with van der Waals surface area (Å²) >= 11 is 0. The SMILES string of the molecule is O=C(O)c1ccn(C(=O)N2CCN(Cc3cccc(Oc4ncccn4)c3)CC2)n1. The van der Waals surface area contributed by atoms with Crippen molar-refractivity contribution >= 4 is 12.0 Å². The Kier molecular flexibility index (Phi) is 5.66. The fraction of sp³-hybridized carbons (Fsp3) is 0.250. The van der Waals surface area contributed by atoms with Gasteiger partial charge in [-0.1, -0.05) is 12.1 Å². The third-order valence-electron chi connectivity index (χ3n) is 4.70. The Morgan fingerprint density at radius 3 is 2.50 bits per heavy atom. The molecular formula is C20H20N6O4. The molecule has 3 heterocycles. The van der Waals surface area contributed by atoms with Gasteiger partial charge in [-0.15, -0.1) is 0 Å². The van der Waals surface area contributed by atoms with Crippen LogP contribution in [0.2, 0.25) is 0 Å². The molecule has 1 N–H and O–H groups in total. The molecule has 1 amide bonds. The van der Waals surface area contributed by atoms with Gasteiger partial charge in [0.1, 0.15) is 5.75 Å². The van der Waals surface area contributed by atoms with Crippen LogP contribution in [0.1, 0.15) is 16.1 Å². The van der Waals surface area contributed by atoms with E-state index in [0.29, 0.717) is 37.9 Å². The minimum atomic E-state index is -1.16. The molecule has 4 rings (SSSR count). The van der Waals surface area contributed by atoms with Crippen molar-refractivity contribution in [3.05, 3.63) is 66.2 Å². The van der Waals surface area contributed by atoms with Gasteiger partial charge < -0.3 is 14.7 Å². The molecule has 0 spiro atoms. The van der Waals surface area contributed by atoms with Gasteiger partial charge in [0.25, 0.3) is 0 Å². The summed E-state index contributed by atoms with van der Waals surface area (Å²) in [5.74, 6) is -0.489. The number of aromatic carboxylic acids is 1. The monoisotopic (exact) mass is 408 g/mol. The number of piperazine rings is 1. The Balaban J connectivity index is 1.32. The lowest BCUT2D eigenvalue weighted by atomic mass is 10.2. The zero-order valence-corrected chi connectivity index (χ0v) is 16.1. The minimum absolute atomic E-state index is 0.148. The first-order chi connectivity index (χ1) is 14.6. The molecule has 1 aliphatic heterocycles. The lowest BCUT2D eigenvalue weighted by Gasteiger charge is -2.34. The number of hydrogen-bond donors (Lipinski definition) is 1. The van der Waals surface area contributed by atoms with Crippen molar-refractivity contribution in [2.24, 2.45) is 0 Å². The number of ether oxygens (including phenoxy) is 1. The van der Waals surface area contributed by atoms with Crippen molar-refractivity contribution in [1.82, 2.24) is 29.5 Å². The number of carboxylic acids is 1. The van der Waals surface area contributed by atoms with E-state index in [1.54, 1.807) is 23.4 Å². The predicted molar refractivity (Wildman–Crippen MR) is 105 cm³/mol. The Hall–Kier alpha value is -3.79. The molecule has 1 saturated heterocycles. The first-order valence-corrected chi connectivity index (χ1v) is 9.43. The Bertz CT molecular complexity index is 1030. The van der Waals surface area contributed by atoms with Crippen LogP contribution in [0.5, 0.6) is 11.8 Å². The third-order valence-corrected chi connectivity index (χ3v) is 4.70. The maximum absolute atomic E-state index is 12.5. The standard InChI is InChI=1S/C20H20N6O4/c27-18(28)17-5-8-26(23-17)20(29)25-11-9-24(10-12-25)14-15-3-1-4-16(13-15)30-19-21-6-2-7-22-19/h1-8,13H,9-12,14H2,(H,27,28).